The summed E-state index contributed by atoms with van der Waals surface area (Å²) in [6.07, 6.45) is 1.96. The van der Waals surface area contributed by atoms with Gasteiger partial charge in [0.2, 0.25) is 0 Å². The summed E-state index contributed by atoms with van der Waals surface area (Å²) in [6.45, 7) is 0. The Kier molecular flexibility index (Phi) is 3.29. The lowest BCUT2D eigenvalue weighted by molar-refractivity contribution is 0.415. The molecule has 0 radical (unpaired) electrons. The first-order valence-corrected chi connectivity index (χ1v) is 8.86. The van der Waals surface area contributed by atoms with Crippen molar-refractivity contribution in [1.29, 1.82) is 0 Å². The van der Waals surface area contributed by atoms with Crippen LogP contribution in [0.3, 0.4) is 0 Å². The number of rotatable bonds is 3. The zero-order valence-corrected chi connectivity index (χ0v) is 14.5. The Bertz CT molecular complexity index is 1240. The number of ether oxygens (including phenoxy) is 1. The first-order valence-electron chi connectivity index (χ1n) is 7.98. The van der Waals surface area contributed by atoms with E-state index in [9.17, 15) is 4.39 Å². The third kappa shape index (κ3) is 2.28. The van der Waals surface area contributed by atoms with E-state index in [1.807, 2.05) is 40.2 Å². The molecule has 5 aromatic rings. The molecule has 0 saturated heterocycles. The second-order valence-corrected chi connectivity index (χ2v) is 6.71. The average Bonchev–Trinajstić information content (AvgIpc) is 3.34. The van der Waals surface area contributed by atoms with Gasteiger partial charge in [-0.3, -0.25) is 4.40 Å². The van der Waals surface area contributed by atoms with Crippen LogP contribution in [0.4, 0.5) is 4.39 Å². The largest absolute Gasteiger partial charge is 0.497 e. The van der Waals surface area contributed by atoms with Crippen LogP contribution in [-0.2, 0) is 0 Å². The molecule has 0 saturated carbocycles. The monoisotopic (exact) mass is 364 g/mol. The number of imidazole rings is 2. The zero-order valence-electron chi connectivity index (χ0n) is 13.7. The molecule has 26 heavy (non-hydrogen) atoms. The van der Waals surface area contributed by atoms with Gasteiger partial charge in [0.15, 0.2) is 10.8 Å². The van der Waals surface area contributed by atoms with Gasteiger partial charge in [-0.2, -0.15) is 0 Å². The van der Waals surface area contributed by atoms with E-state index in [-0.39, 0.29) is 5.82 Å². The second-order valence-electron chi connectivity index (χ2n) is 5.84. The molecule has 5 rings (SSSR count). The molecule has 0 unspecified atom stereocenters. The fourth-order valence-corrected chi connectivity index (χ4v) is 3.77. The fourth-order valence-electron chi connectivity index (χ4n) is 3.06. The smallest absolute Gasteiger partial charge is 0.194 e. The van der Waals surface area contributed by atoms with Gasteiger partial charge in [0.1, 0.15) is 23.0 Å². The van der Waals surface area contributed by atoms with Crippen molar-refractivity contribution in [2.45, 2.75) is 0 Å². The Morgan fingerprint density at radius 1 is 1.12 bits per heavy atom. The number of hydrogen-bond donors (Lipinski definition) is 1. The molecule has 0 aliphatic rings. The highest BCUT2D eigenvalue weighted by Gasteiger charge is 2.19. The highest BCUT2D eigenvalue weighted by Crippen LogP contribution is 2.34. The number of aromatic nitrogens is 4. The van der Waals surface area contributed by atoms with E-state index in [0.717, 1.165) is 27.7 Å². The molecule has 0 spiro atoms. The molecule has 0 bridgehead atoms. The second kappa shape index (κ2) is 5.67. The average molecular weight is 364 g/mol. The lowest BCUT2D eigenvalue weighted by Gasteiger charge is -2.03. The first kappa shape index (κ1) is 15.1. The van der Waals surface area contributed by atoms with Crippen LogP contribution in [0.15, 0.2) is 54.0 Å². The minimum atomic E-state index is -0.294. The van der Waals surface area contributed by atoms with Crippen molar-refractivity contribution in [3.8, 4) is 28.5 Å². The Balaban J connectivity index is 1.75. The summed E-state index contributed by atoms with van der Waals surface area (Å²) in [6, 6.07) is 12.3. The van der Waals surface area contributed by atoms with E-state index in [1.165, 1.54) is 12.1 Å². The number of halogens is 1. The maximum absolute atomic E-state index is 13.5. The molecule has 7 heteroatoms. The van der Waals surface area contributed by atoms with Gasteiger partial charge in [-0.25, -0.2) is 14.4 Å². The number of thiazole rings is 1. The molecule has 0 aliphatic heterocycles. The van der Waals surface area contributed by atoms with Crippen molar-refractivity contribution in [2.24, 2.45) is 0 Å². The summed E-state index contributed by atoms with van der Waals surface area (Å²) in [5.74, 6) is 1.15. The number of H-pyrrole nitrogens is 1. The Hall–Kier alpha value is -3.19. The zero-order chi connectivity index (χ0) is 17.7. The molecule has 0 aliphatic carbocycles. The molecule has 5 nitrogen and oxygen atoms in total. The van der Waals surface area contributed by atoms with Gasteiger partial charge in [0.05, 0.1) is 18.1 Å². The van der Waals surface area contributed by atoms with Gasteiger partial charge < -0.3 is 9.72 Å². The van der Waals surface area contributed by atoms with E-state index in [0.29, 0.717) is 16.9 Å². The van der Waals surface area contributed by atoms with Crippen LogP contribution < -0.4 is 4.74 Å². The Morgan fingerprint density at radius 2 is 1.96 bits per heavy atom. The SMILES string of the molecule is COc1ccc(-c2nc3sccn3c2-c2nc3ccc(F)cc3[nH]2)cc1. The first-order chi connectivity index (χ1) is 12.7. The van der Waals surface area contributed by atoms with Crippen LogP contribution in [-0.4, -0.2) is 26.5 Å². The molecular weight excluding hydrogens is 351 g/mol. The maximum atomic E-state index is 13.5. The minimum Gasteiger partial charge on any atom is -0.497 e. The molecule has 0 fully saturated rings. The van der Waals surface area contributed by atoms with Crippen LogP contribution >= 0.6 is 11.3 Å². The van der Waals surface area contributed by atoms with Crippen molar-refractivity contribution in [3.63, 3.8) is 0 Å². The molecule has 0 atom stereocenters. The Labute approximate surface area is 151 Å². The van der Waals surface area contributed by atoms with E-state index >= 15 is 0 Å². The van der Waals surface area contributed by atoms with Crippen molar-refractivity contribution in [2.75, 3.05) is 7.11 Å². The molecule has 2 aromatic carbocycles. The summed E-state index contributed by atoms with van der Waals surface area (Å²) in [5, 5.41) is 1.98. The maximum Gasteiger partial charge on any atom is 0.194 e. The molecule has 128 valence electrons. The summed E-state index contributed by atoms with van der Waals surface area (Å²) < 4.78 is 20.8. The molecule has 3 aromatic heterocycles. The topological polar surface area (TPSA) is 55.2 Å². The highest BCUT2D eigenvalue weighted by atomic mass is 32.1. The van der Waals surface area contributed by atoms with E-state index in [4.69, 9.17) is 9.72 Å². The summed E-state index contributed by atoms with van der Waals surface area (Å²) in [5.41, 5.74) is 4.00. The molecule has 1 N–H and O–H groups in total. The predicted octanol–water partition coefficient (Wildman–Crippen LogP) is 4.75. The Morgan fingerprint density at radius 3 is 2.77 bits per heavy atom. The fraction of sp³-hybridized carbons (Fsp3) is 0.0526. The number of hydrogen-bond acceptors (Lipinski definition) is 4. The minimum absolute atomic E-state index is 0.294. The van der Waals surface area contributed by atoms with Crippen molar-refractivity contribution in [1.82, 2.24) is 19.4 Å². The summed E-state index contributed by atoms with van der Waals surface area (Å²) in [7, 11) is 1.64. The van der Waals surface area contributed by atoms with Gasteiger partial charge in [0, 0.05) is 17.1 Å². The van der Waals surface area contributed by atoms with Crippen LogP contribution in [0.5, 0.6) is 5.75 Å². The number of aromatic amines is 1. The lowest BCUT2D eigenvalue weighted by atomic mass is 10.1. The quantitative estimate of drug-likeness (QED) is 0.502. The third-order valence-electron chi connectivity index (χ3n) is 4.29. The van der Waals surface area contributed by atoms with Crippen molar-refractivity contribution in [3.05, 3.63) is 59.9 Å². The normalized spacial score (nSPS) is 11.5. The number of fused-ring (bicyclic) bond motifs is 2. The van der Waals surface area contributed by atoms with Gasteiger partial charge in [-0.1, -0.05) is 0 Å². The van der Waals surface area contributed by atoms with Gasteiger partial charge in [0.25, 0.3) is 0 Å². The molecule has 0 amide bonds. The molecular formula is C19H13FN4OS. The van der Waals surface area contributed by atoms with Crippen LogP contribution in [0.2, 0.25) is 0 Å². The van der Waals surface area contributed by atoms with Crippen LogP contribution in [0, 0.1) is 5.82 Å². The highest BCUT2D eigenvalue weighted by molar-refractivity contribution is 7.15. The van der Waals surface area contributed by atoms with Crippen molar-refractivity contribution < 1.29 is 9.13 Å². The van der Waals surface area contributed by atoms with Gasteiger partial charge >= 0.3 is 0 Å². The van der Waals surface area contributed by atoms with E-state index < -0.39 is 0 Å². The van der Waals surface area contributed by atoms with E-state index in [1.54, 1.807) is 24.5 Å². The standard InChI is InChI=1S/C19H13FN4OS/c1-25-13-5-2-11(3-6-13)16-17(24-8-9-26-19(24)23-16)18-21-14-7-4-12(20)10-15(14)22-18/h2-10H,1H3,(H,21,22). The van der Waals surface area contributed by atoms with Crippen LogP contribution in [0.1, 0.15) is 0 Å². The number of nitrogens with one attached hydrogen (secondary N) is 1. The van der Waals surface area contributed by atoms with Gasteiger partial charge in [-0.05, 0) is 42.5 Å². The number of benzene rings is 2. The molecule has 3 heterocycles. The van der Waals surface area contributed by atoms with Gasteiger partial charge in [-0.15, -0.1) is 11.3 Å². The van der Waals surface area contributed by atoms with Crippen molar-refractivity contribution >= 4 is 27.3 Å². The predicted molar refractivity (Wildman–Crippen MR) is 100 cm³/mol. The number of methoxy groups -OCH3 is 1. The summed E-state index contributed by atoms with van der Waals surface area (Å²) in [4.78, 5) is 13.5. The van der Waals surface area contributed by atoms with E-state index in [2.05, 4.69) is 9.97 Å². The summed E-state index contributed by atoms with van der Waals surface area (Å²) >= 11 is 1.55. The van der Waals surface area contributed by atoms with Crippen LogP contribution in [0.25, 0.3) is 38.8 Å². The lowest BCUT2D eigenvalue weighted by Crippen LogP contribution is -1.90. The third-order valence-corrected chi connectivity index (χ3v) is 5.05. The number of nitrogens with zero attached hydrogens (tertiary/aromatic N) is 3.